The molecule has 0 saturated heterocycles. The van der Waals surface area contributed by atoms with E-state index in [0.717, 1.165) is 12.1 Å². The number of terminal acetylenes is 1. The fraction of sp³-hybridized carbons (Fsp3) is 0.300. The van der Waals surface area contributed by atoms with Gasteiger partial charge in [-0.25, -0.2) is 0 Å². The van der Waals surface area contributed by atoms with Gasteiger partial charge < -0.3 is 5.32 Å². The molecule has 0 saturated carbocycles. The number of rotatable bonds is 3. The monoisotopic (exact) mass is 194 g/mol. The molecule has 0 aromatic carbocycles. The summed E-state index contributed by atoms with van der Waals surface area (Å²) < 4.78 is 0. The summed E-state index contributed by atoms with van der Waals surface area (Å²) in [6.07, 6.45) is 8.65. The lowest BCUT2D eigenvalue weighted by molar-refractivity contribution is 0.664. The van der Waals surface area contributed by atoms with Crippen LogP contribution in [-0.4, -0.2) is 11.5 Å². The molecule has 1 heterocycles. The first-order chi connectivity index (χ1) is 6.29. The topological polar surface area (TPSA) is 24.9 Å². The summed E-state index contributed by atoms with van der Waals surface area (Å²) in [6, 6.07) is 1.70. The van der Waals surface area contributed by atoms with Gasteiger partial charge in [0.1, 0.15) is 0 Å². The molecule has 3 heteroatoms. The van der Waals surface area contributed by atoms with E-state index in [1.807, 2.05) is 13.0 Å². The van der Waals surface area contributed by atoms with Gasteiger partial charge in [-0.05, 0) is 12.6 Å². The van der Waals surface area contributed by atoms with Crippen LogP contribution in [0.4, 0.5) is 0 Å². The van der Waals surface area contributed by atoms with Gasteiger partial charge >= 0.3 is 0 Å². The fourth-order valence-corrected chi connectivity index (χ4v) is 1.31. The molecule has 0 amide bonds. The number of hydrogen-bond acceptors (Lipinski definition) is 2. The molecular formula is C10H11ClN2. The first-order valence-electron chi connectivity index (χ1n) is 4.08. The van der Waals surface area contributed by atoms with E-state index in [2.05, 4.69) is 16.2 Å². The smallest absolute Gasteiger partial charge is 0.0958 e. The molecule has 0 fully saturated rings. The van der Waals surface area contributed by atoms with Crippen LogP contribution in [0, 0.1) is 12.3 Å². The van der Waals surface area contributed by atoms with Crippen LogP contribution in [0.5, 0.6) is 0 Å². The van der Waals surface area contributed by atoms with E-state index in [9.17, 15) is 0 Å². The molecule has 1 atom stereocenters. The molecule has 0 aliphatic rings. The predicted octanol–water partition coefficient (Wildman–Crippen LogP) is 2.02. The van der Waals surface area contributed by atoms with Gasteiger partial charge in [-0.15, -0.1) is 6.42 Å². The van der Waals surface area contributed by atoms with Crippen LogP contribution >= 0.6 is 11.6 Å². The zero-order valence-electron chi connectivity index (χ0n) is 7.42. The van der Waals surface area contributed by atoms with Crippen LogP contribution in [0.3, 0.4) is 0 Å². The maximum Gasteiger partial charge on any atom is 0.0958 e. The van der Waals surface area contributed by atoms with Gasteiger partial charge in [-0.1, -0.05) is 24.4 Å². The lowest BCUT2D eigenvalue weighted by Gasteiger charge is -2.12. The zero-order valence-corrected chi connectivity index (χ0v) is 8.17. The molecule has 0 bridgehead atoms. The average molecular weight is 195 g/mol. The Morgan fingerprint density at radius 1 is 1.77 bits per heavy atom. The average Bonchev–Trinajstić information content (AvgIpc) is 2.16. The van der Waals surface area contributed by atoms with Crippen molar-refractivity contribution in [3.8, 4) is 12.3 Å². The zero-order chi connectivity index (χ0) is 9.68. The molecule has 68 valence electrons. The van der Waals surface area contributed by atoms with E-state index < -0.39 is 0 Å². The van der Waals surface area contributed by atoms with Crippen molar-refractivity contribution in [2.24, 2.45) is 0 Å². The summed E-state index contributed by atoms with van der Waals surface area (Å²) in [7, 11) is 0. The fourth-order valence-electron chi connectivity index (χ4n) is 1.08. The maximum absolute atomic E-state index is 5.94. The van der Waals surface area contributed by atoms with Gasteiger partial charge in [0.05, 0.1) is 11.1 Å². The van der Waals surface area contributed by atoms with Crippen molar-refractivity contribution in [1.29, 1.82) is 0 Å². The molecule has 1 aromatic heterocycles. The molecule has 13 heavy (non-hydrogen) atoms. The summed E-state index contributed by atoms with van der Waals surface area (Å²) in [5.41, 5.74) is 0.904. The highest BCUT2D eigenvalue weighted by Gasteiger charge is 2.09. The second-order valence-electron chi connectivity index (χ2n) is 2.55. The highest BCUT2D eigenvalue weighted by atomic mass is 35.5. The van der Waals surface area contributed by atoms with Crippen molar-refractivity contribution < 1.29 is 0 Å². The summed E-state index contributed by atoms with van der Waals surface area (Å²) in [5.74, 6) is 2.64. The van der Waals surface area contributed by atoms with Gasteiger partial charge in [0.2, 0.25) is 0 Å². The minimum atomic E-state index is -0.125. The molecule has 1 rings (SSSR count). The van der Waals surface area contributed by atoms with Crippen LogP contribution in [0.25, 0.3) is 0 Å². The maximum atomic E-state index is 5.94. The van der Waals surface area contributed by atoms with Crippen molar-refractivity contribution in [2.45, 2.75) is 13.0 Å². The Hall–Kier alpha value is -1.04. The van der Waals surface area contributed by atoms with Crippen molar-refractivity contribution in [3.05, 3.63) is 29.0 Å². The van der Waals surface area contributed by atoms with E-state index in [4.69, 9.17) is 18.0 Å². The molecule has 0 spiro atoms. The first kappa shape index (κ1) is 10.0. The Labute approximate surface area is 83.3 Å². The lowest BCUT2D eigenvalue weighted by atomic mass is 10.1. The van der Waals surface area contributed by atoms with Gasteiger partial charge in [0.15, 0.2) is 0 Å². The first-order valence-corrected chi connectivity index (χ1v) is 4.46. The second kappa shape index (κ2) is 4.86. The van der Waals surface area contributed by atoms with Crippen LogP contribution in [0.2, 0.25) is 5.02 Å². The Morgan fingerprint density at radius 2 is 2.54 bits per heavy atom. The SMILES string of the molecule is C#CC(NCC)c1ccncc1Cl. The van der Waals surface area contributed by atoms with Gasteiger partial charge in [-0.3, -0.25) is 4.98 Å². The number of nitrogens with zero attached hydrogens (tertiary/aromatic N) is 1. The number of halogens is 1. The summed E-state index contributed by atoms with van der Waals surface area (Å²) >= 11 is 5.94. The Bertz CT molecular complexity index is 317. The summed E-state index contributed by atoms with van der Waals surface area (Å²) in [4.78, 5) is 3.89. The summed E-state index contributed by atoms with van der Waals surface area (Å²) in [6.45, 7) is 2.81. The number of hydrogen-bond donors (Lipinski definition) is 1. The van der Waals surface area contributed by atoms with E-state index in [-0.39, 0.29) is 6.04 Å². The van der Waals surface area contributed by atoms with E-state index >= 15 is 0 Å². The van der Waals surface area contributed by atoms with E-state index in [0.29, 0.717) is 5.02 Å². The number of pyridine rings is 1. The predicted molar refractivity (Wildman–Crippen MR) is 54.5 cm³/mol. The molecule has 0 aliphatic carbocycles. The molecule has 0 radical (unpaired) electrons. The van der Waals surface area contributed by atoms with Gasteiger partial charge in [0, 0.05) is 18.0 Å². The third kappa shape index (κ3) is 2.45. The van der Waals surface area contributed by atoms with Crippen molar-refractivity contribution in [2.75, 3.05) is 6.54 Å². The standard InChI is InChI=1S/C10H11ClN2/c1-3-10(13-4-2)8-5-6-12-7-9(8)11/h1,5-7,10,13H,4H2,2H3. The molecule has 1 N–H and O–H groups in total. The minimum Gasteiger partial charge on any atom is -0.300 e. The normalized spacial score (nSPS) is 12.1. The van der Waals surface area contributed by atoms with Crippen LogP contribution in [0.1, 0.15) is 18.5 Å². The minimum absolute atomic E-state index is 0.125. The van der Waals surface area contributed by atoms with E-state index in [1.54, 1.807) is 12.4 Å². The molecule has 0 aliphatic heterocycles. The van der Waals surface area contributed by atoms with Crippen LogP contribution < -0.4 is 5.32 Å². The largest absolute Gasteiger partial charge is 0.300 e. The third-order valence-electron chi connectivity index (χ3n) is 1.69. The molecular weight excluding hydrogens is 184 g/mol. The molecule has 1 unspecified atom stereocenters. The third-order valence-corrected chi connectivity index (χ3v) is 2.01. The van der Waals surface area contributed by atoms with Crippen molar-refractivity contribution in [1.82, 2.24) is 10.3 Å². The van der Waals surface area contributed by atoms with Crippen LogP contribution in [0.15, 0.2) is 18.5 Å². The van der Waals surface area contributed by atoms with Crippen molar-refractivity contribution in [3.63, 3.8) is 0 Å². The highest BCUT2D eigenvalue weighted by molar-refractivity contribution is 6.31. The highest BCUT2D eigenvalue weighted by Crippen LogP contribution is 2.20. The van der Waals surface area contributed by atoms with Crippen molar-refractivity contribution >= 4 is 11.6 Å². The molecule has 2 nitrogen and oxygen atoms in total. The number of aromatic nitrogens is 1. The molecule has 1 aromatic rings. The second-order valence-corrected chi connectivity index (χ2v) is 2.96. The van der Waals surface area contributed by atoms with Crippen LogP contribution in [-0.2, 0) is 0 Å². The Balaban J connectivity index is 2.92. The Kier molecular flexibility index (Phi) is 3.75. The van der Waals surface area contributed by atoms with Gasteiger partial charge in [0.25, 0.3) is 0 Å². The quantitative estimate of drug-likeness (QED) is 0.745. The Morgan fingerprint density at radius 3 is 3.08 bits per heavy atom. The summed E-state index contributed by atoms with van der Waals surface area (Å²) in [5, 5.41) is 3.74. The number of nitrogens with one attached hydrogen (secondary N) is 1. The lowest BCUT2D eigenvalue weighted by Crippen LogP contribution is -2.19. The van der Waals surface area contributed by atoms with Gasteiger partial charge in [-0.2, -0.15) is 0 Å². The van der Waals surface area contributed by atoms with E-state index in [1.165, 1.54) is 0 Å².